The lowest BCUT2D eigenvalue weighted by molar-refractivity contribution is 0.612. The van der Waals surface area contributed by atoms with Crippen LogP contribution in [0.4, 0.5) is 0 Å². The first kappa shape index (κ1) is 14.5. The lowest BCUT2D eigenvalue weighted by Crippen LogP contribution is -2.25. The number of allylic oxidation sites excluding steroid dienone is 2. The summed E-state index contributed by atoms with van der Waals surface area (Å²) in [6.07, 6.45) is 1.57. The third-order valence-corrected chi connectivity index (χ3v) is 5.35. The highest BCUT2D eigenvalue weighted by Crippen LogP contribution is 2.44. The molecule has 0 N–H and O–H groups in total. The Balaban J connectivity index is 2.00. The zero-order chi connectivity index (χ0) is 15.5. The highest BCUT2D eigenvalue weighted by atomic mass is 32.2. The van der Waals surface area contributed by atoms with Crippen LogP contribution in [-0.2, 0) is 6.54 Å². The van der Waals surface area contributed by atoms with Crippen LogP contribution >= 0.6 is 23.5 Å². The van der Waals surface area contributed by atoms with Crippen LogP contribution in [0, 0.1) is 22.7 Å². The Bertz CT molecular complexity index is 904. The van der Waals surface area contributed by atoms with Crippen LogP contribution in [0.15, 0.2) is 60.9 Å². The van der Waals surface area contributed by atoms with E-state index in [1.54, 1.807) is 6.20 Å². The Labute approximate surface area is 134 Å². The molecule has 2 aromatic rings. The van der Waals surface area contributed by atoms with Crippen LogP contribution in [-0.4, -0.2) is 9.78 Å². The monoisotopic (exact) mass is 324 g/mol. The number of nitriles is 2. The highest BCUT2D eigenvalue weighted by molar-refractivity contribution is 8.09. The van der Waals surface area contributed by atoms with Crippen molar-refractivity contribution in [3.8, 4) is 12.1 Å². The lowest BCUT2D eigenvalue weighted by Gasteiger charge is -2.15. The maximum absolute atomic E-state index is 12.5. The third-order valence-electron chi connectivity index (χ3n) is 2.97. The molecule has 1 aliphatic rings. The Kier molecular flexibility index (Phi) is 4.01. The Morgan fingerprint density at radius 1 is 1.09 bits per heavy atom. The molecule has 2 heterocycles. The molecule has 0 saturated carbocycles. The molecule has 0 saturated heterocycles. The van der Waals surface area contributed by atoms with Crippen molar-refractivity contribution in [1.82, 2.24) is 9.78 Å². The number of hydrogen-bond donors (Lipinski definition) is 0. The van der Waals surface area contributed by atoms with Gasteiger partial charge in [0.1, 0.15) is 21.9 Å². The molecule has 0 aliphatic carbocycles. The molecule has 0 atom stereocenters. The van der Waals surface area contributed by atoms with Gasteiger partial charge in [-0.05, 0) is 5.56 Å². The second-order valence-corrected chi connectivity index (χ2v) is 6.45. The van der Waals surface area contributed by atoms with Gasteiger partial charge in [-0.25, -0.2) is 4.68 Å². The first-order chi connectivity index (χ1) is 10.7. The summed E-state index contributed by atoms with van der Waals surface area (Å²) in [5.74, 6) is 0. The van der Waals surface area contributed by atoms with E-state index in [9.17, 15) is 4.79 Å². The van der Waals surface area contributed by atoms with Gasteiger partial charge in [-0.15, -0.1) is 0 Å². The summed E-state index contributed by atoms with van der Waals surface area (Å²) >= 11 is 2.16. The van der Waals surface area contributed by atoms with E-state index in [-0.39, 0.29) is 10.5 Å². The zero-order valence-corrected chi connectivity index (χ0v) is 12.8. The summed E-state index contributed by atoms with van der Waals surface area (Å²) in [4.78, 5) is 14.2. The minimum absolute atomic E-state index is 0.247. The maximum Gasteiger partial charge on any atom is 0.282 e. The Hall–Kier alpha value is -2.48. The van der Waals surface area contributed by atoms with Crippen molar-refractivity contribution in [2.24, 2.45) is 0 Å². The summed E-state index contributed by atoms with van der Waals surface area (Å²) in [6.45, 7) is 0.370. The quantitative estimate of drug-likeness (QED) is 0.844. The predicted molar refractivity (Wildman–Crippen MR) is 84.0 cm³/mol. The molecule has 1 aliphatic heterocycles. The average molecular weight is 324 g/mol. The van der Waals surface area contributed by atoms with Gasteiger partial charge in [0.2, 0.25) is 0 Å². The minimum Gasteiger partial charge on any atom is -0.266 e. The van der Waals surface area contributed by atoms with Gasteiger partial charge in [-0.2, -0.15) is 15.6 Å². The van der Waals surface area contributed by atoms with Crippen molar-refractivity contribution in [2.75, 3.05) is 0 Å². The van der Waals surface area contributed by atoms with Crippen molar-refractivity contribution in [3.63, 3.8) is 0 Å². The van der Waals surface area contributed by atoms with E-state index in [1.807, 2.05) is 42.5 Å². The molecule has 3 rings (SSSR count). The van der Waals surface area contributed by atoms with Gasteiger partial charge in [0, 0.05) is 0 Å². The molecule has 0 amide bonds. The van der Waals surface area contributed by atoms with E-state index < -0.39 is 0 Å². The van der Waals surface area contributed by atoms with Gasteiger partial charge < -0.3 is 0 Å². The number of benzene rings is 1. The molecule has 0 unspecified atom stereocenters. The van der Waals surface area contributed by atoms with E-state index in [1.165, 1.54) is 4.68 Å². The maximum atomic E-state index is 12.5. The van der Waals surface area contributed by atoms with E-state index >= 15 is 0 Å². The van der Waals surface area contributed by atoms with Crippen molar-refractivity contribution in [2.45, 2.75) is 16.3 Å². The number of fused-ring (bicyclic) bond motifs is 1. The van der Waals surface area contributed by atoms with Crippen LogP contribution in [0.25, 0.3) is 0 Å². The van der Waals surface area contributed by atoms with Crippen LogP contribution in [0.2, 0.25) is 0 Å². The van der Waals surface area contributed by atoms with E-state index in [4.69, 9.17) is 10.5 Å². The van der Waals surface area contributed by atoms with E-state index in [0.717, 1.165) is 29.1 Å². The van der Waals surface area contributed by atoms with Crippen LogP contribution in [0.1, 0.15) is 5.56 Å². The molecular weight excluding hydrogens is 316 g/mol. The van der Waals surface area contributed by atoms with E-state index in [0.29, 0.717) is 21.2 Å². The van der Waals surface area contributed by atoms with Crippen molar-refractivity contribution >= 4 is 23.5 Å². The van der Waals surface area contributed by atoms with E-state index in [2.05, 4.69) is 5.10 Å². The summed E-state index contributed by atoms with van der Waals surface area (Å²) in [7, 11) is 0. The molecule has 22 heavy (non-hydrogen) atoms. The number of nitrogens with zero attached hydrogens (tertiary/aromatic N) is 4. The van der Waals surface area contributed by atoms with Gasteiger partial charge in [0.25, 0.3) is 5.56 Å². The Morgan fingerprint density at radius 3 is 2.45 bits per heavy atom. The second-order valence-electron chi connectivity index (χ2n) is 4.37. The molecule has 0 radical (unpaired) electrons. The molecule has 0 bridgehead atoms. The molecule has 7 heteroatoms. The first-order valence-corrected chi connectivity index (χ1v) is 7.90. The van der Waals surface area contributed by atoms with Crippen molar-refractivity contribution < 1.29 is 0 Å². The number of thioether (sulfide) groups is 2. The molecule has 0 spiro atoms. The molecule has 5 nitrogen and oxygen atoms in total. The van der Waals surface area contributed by atoms with Gasteiger partial charge in [-0.3, -0.25) is 4.79 Å². The summed E-state index contributed by atoms with van der Waals surface area (Å²) in [5, 5.41) is 22.3. The fourth-order valence-corrected chi connectivity index (χ4v) is 3.86. The smallest absolute Gasteiger partial charge is 0.266 e. The fourth-order valence-electron chi connectivity index (χ4n) is 1.94. The van der Waals surface area contributed by atoms with Gasteiger partial charge in [0.15, 0.2) is 0 Å². The molecule has 1 aromatic heterocycles. The largest absolute Gasteiger partial charge is 0.282 e. The number of rotatable bonds is 2. The Morgan fingerprint density at radius 2 is 1.77 bits per heavy atom. The predicted octanol–water partition coefficient (Wildman–Crippen LogP) is 2.75. The molecular formula is C15H8N4OS2. The first-order valence-electron chi connectivity index (χ1n) is 6.27. The van der Waals surface area contributed by atoms with Crippen LogP contribution < -0.4 is 5.56 Å². The minimum atomic E-state index is -0.247. The van der Waals surface area contributed by atoms with Gasteiger partial charge in [-0.1, -0.05) is 53.9 Å². The normalized spacial score (nSPS) is 13.2. The third kappa shape index (κ3) is 2.64. The fraction of sp³-hybridized carbons (Fsp3) is 0.0667. The van der Waals surface area contributed by atoms with Crippen molar-refractivity contribution in [1.29, 1.82) is 10.5 Å². The highest BCUT2D eigenvalue weighted by Gasteiger charge is 2.24. The summed E-state index contributed by atoms with van der Waals surface area (Å²) in [6, 6.07) is 13.5. The lowest BCUT2D eigenvalue weighted by atomic mass is 10.2. The molecule has 0 fully saturated rings. The van der Waals surface area contributed by atoms with Gasteiger partial charge >= 0.3 is 0 Å². The van der Waals surface area contributed by atoms with Gasteiger partial charge in [0.05, 0.1) is 22.5 Å². The van der Waals surface area contributed by atoms with Crippen LogP contribution in [0.3, 0.4) is 0 Å². The number of hydrogen-bond acceptors (Lipinski definition) is 6. The molecule has 106 valence electrons. The SMILES string of the molecule is N#CC1=C(C#N)Sc2c(cnn(Cc3ccccc3)c2=O)S1. The average Bonchev–Trinajstić information content (AvgIpc) is 2.57. The summed E-state index contributed by atoms with van der Waals surface area (Å²) < 4.78 is 1.37. The summed E-state index contributed by atoms with van der Waals surface area (Å²) in [5.41, 5.74) is 0.725. The second kappa shape index (κ2) is 6.10. The molecule has 1 aromatic carbocycles. The topological polar surface area (TPSA) is 82.5 Å². The zero-order valence-electron chi connectivity index (χ0n) is 11.2. The van der Waals surface area contributed by atoms with Crippen LogP contribution in [0.5, 0.6) is 0 Å². The standard InChI is InChI=1S/C15H8N4OS2/c16-6-11-12(7-17)22-14-13(21-11)8-18-19(15(14)20)9-10-4-2-1-3-5-10/h1-5,8H,9H2. The van der Waals surface area contributed by atoms with Crippen molar-refractivity contribution in [3.05, 3.63) is 62.3 Å². The number of aromatic nitrogens is 2.